The number of benzene rings is 1. The fourth-order valence-corrected chi connectivity index (χ4v) is 2.99. The number of nitrogens with zero attached hydrogens (tertiary/aromatic N) is 4. The minimum Gasteiger partial charge on any atom is -0.501 e. The third kappa shape index (κ3) is 4.07. The lowest BCUT2D eigenvalue weighted by molar-refractivity contribution is 0.0941. The molecular weight excluding hydrogens is 393 g/mol. The second-order valence-corrected chi connectivity index (χ2v) is 7.88. The number of carbonyl (C=O) groups is 1. The smallest absolute Gasteiger partial charge is 0.296 e. The summed E-state index contributed by atoms with van der Waals surface area (Å²) in [5.74, 6) is -1.15. The molecule has 2 aromatic heterocycles. The van der Waals surface area contributed by atoms with Gasteiger partial charge in [-0.15, -0.1) is 0 Å². The van der Waals surface area contributed by atoms with Crippen LogP contribution in [0.15, 0.2) is 27.5 Å². The molecule has 2 heterocycles. The van der Waals surface area contributed by atoms with Gasteiger partial charge >= 0.3 is 0 Å². The van der Waals surface area contributed by atoms with Crippen LogP contribution in [-0.2, 0) is 19.0 Å². The van der Waals surface area contributed by atoms with Crippen LogP contribution in [0, 0.1) is 12.7 Å². The van der Waals surface area contributed by atoms with Gasteiger partial charge < -0.3 is 14.9 Å². The number of halogens is 1. The standard InChI is InChI=1S/C20H22FN5O4/c1-10-23-17(30-25-10)13-8-12(21)7-6-11(13)9-22-16(28)14-15(27)18(29)26(5)19(24-14)20(2,3)4/h6-8,27H,9H2,1-5H3,(H,22,28). The van der Waals surface area contributed by atoms with Gasteiger partial charge in [0.05, 0.1) is 0 Å². The van der Waals surface area contributed by atoms with E-state index in [1.807, 2.05) is 20.8 Å². The number of aryl methyl sites for hydroxylation is 1. The van der Waals surface area contributed by atoms with E-state index in [0.717, 1.165) is 0 Å². The summed E-state index contributed by atoms with van der Waals surface area (Å²) in [5, 5.41) is 16.5. The first-order valence-electron chi connectivity index (χ1n) is 9.17. The molecule has 158 valence electrons. The average molecular weight is 415 g/mol. The predicted octanol–water partition coefficient (Wildman–Crippen LogP) is 2.21. The molecule has 3 rings (SSSR count). The van der Waals surface area contributed by atoms with E-state index in [-0.39, 0.29) is 18.1 Å². The van der Waals surface area contributed by atoms with Gasteiger partial charge in [-0.05, 0) is 24.6 Å². The summed E-state index contributed by atoms with van der Waals surface area (Å²) in [6.07, 6.45) is 0. The normalized spacial score (nSPS) is 11.5. The van der Waals surface area contributed by atoms with Crippen LogP contribution in [0.3, 0.4) is 0 Å². The highest BCUT2D eigenvalue weighted by molar-refractivity contribution is 5.94. The minimum absolute atomic E-state index is 0.0446. The Morgan fingerprint density at radius 1 is 1.30 bits per heavy atom. The van der Waals surface area contributed by atoms with Crippen LogP contribution in [0.4, 0.5) is 4.39 Å². The minimum atomic E-state index is -0.743. The lowest BCUT2D eigenvalue weighted by atomic mass is 9.95. The van der Waals surface area contributed by atoms with Gasteiger partial charge in [-0.2, -0.15) is 4.98 Å². The van der Waals surface area contributed by atoms with E-state index in [9.17, 15) is 19.1 Å². The SMILES string of the molecule is Cc1noc(-c2cc(F)ccc2CNC(=O)c2nc(C(C)(C)C)n(C)c(=O)c2O)n1. The van der Waals surface area contributed by atoms with E-state index in [0.29, 0.717) is 22.8 Å². The van der Waals surface area contributed by atoms with E-state index >= 15 is 0 Å². The highest BCUT2D eigenvalue weighted by atomic mass is 19.1. The maximum atomic E-state index is 13.7. The summed E-state index contributed by atoms with van der Waals surface area (Å²) in [5.41, 5.74) is -0.791. The first-order valence-corrected chi connectivity index (χ1v) is 9.17. The number of rotatable bonds is 4. The van der Waals surface area contributed by atoms with Crippen LogP contribution in [0.1, 0.15) is 48.5 Å². The molecule has 2 N–H and O–H groups in total. The summed E-state index contributed by atoms with van der Waals surface area (Å²) >= 11 is 0. The molecule has 0 saturated heterocycles. The number of nitrogens with one attached hydrogen (secondary N) is 1. The molecule has 30 heavy (non-hydrogen) atoms. The zero-order valence-corrected chi connectivity index (χ0v) is 17.3. The summed E-state index contributed by atoms with van der Waals surface area (Å²) in [7, 11) is 1.48. The summed E-state index contributed by atoms with van der Waals surface area (Å²) in [6.45, 7) is 7.10. The van der Waals surface area contributed by atoms with E-state index in [2.05, 4.69) is 20.4 Å². The largest absolute Gasteiger partial charge is 0.501 e. The van der Waals surface area contributed by atoms with Gasteiger partial charge in [-0.25, -0.2) is 9.37 Å². The van der Waals surface area contributed by atoms with Gasteiger partial charge in [-0.1, -0.05) is 32.0 Å². The van der Waals surface area contributed by atoms with Crippen LogP contribution in [-0.4, -0.2) is 30.7 Å². The van der Waals surface area contributed by atoms with E-state index in [1.165, 1.54) is 29.8 Å². The number of aromatic hydroxyl groups is 1. The number of hydrogen-bond acceptors (Lipinski definition) is 7. The first kappa shape index (κ1) is 21.2. The summed E-state index contributed by atoms with van der Waals surface area (Å²) in [6, 6.07) is 3.93. The summed E-state index contributed by atoms with van der Waals surface area (Å²) in [4.78, 5) is 33.3. The maximum absolute atomic E-state index is 13.7. The van der Waals surface area contributed by atoms with Crippen molar-refractivity contribution in [2.75, 3.05) is 0 Å². The van der Waals surface area contributed by atoms with Gasteiger partial charge in [-0.3, -0.25) is 14.2 Å². The number of hydrogen-bond donors (Lipinski definition) is 2. The van der Waals surface area contributed by atoms with Crippen molar-refractivity contribution in [3.05, 3.63) is 57.3 Å². The molecule has 0 saturated carbocycles. The van der Waals surface area contributed by atoms with Crippen LogP contribution < -0.4 is 10.9 Å². The molecule has 0 unspecified atom stereocenters. The quantitative estimate of drug-likeness (QED) is 0.670. The van der Waals surface area contributed by atoms with Crippen LogP contribution in [0.2, 0.25) is 0 Å². The highest BCUT2D eigenvalue weighted by Gasteiger charge is 2.26. The molecule has 9 nitrogen and oxygen atoms in total. The van der Waals surface area contributed by atoms with E-state index < -0.39 is 28.4 Å². The Labute approximate surface area is 171 Å². The fourth-order valence-electron chi connectivity index (χ4n) is 2.99. The lowest BCUT2D eigenvalue weighted by Crippen LogP contribution is -2.34. The molecule has 10 heteroatoms. The Balaban J connectivity index is 1.92. The molecule has 0 atom stereocenters. The number of carbonyl (C=O) groups excluding carboxylic acids is 1. The average Bonchev–Trinajstić information content (AvgIpc) is 3.10. The van der Waals surface area contributed by atoms with Gasteiger partial charge in [0.25, 0.3) is 17.4 Å². The summed E-state index contributed by atoms with van der Waals surface area (Å²) < 4.78 is 20.0. The van der Waals surface area contributed by atoms with Gasteiger partial charge in [0.2, 0.25) is 5.75 Å². The Bertz CT molecular complexity index is 1180. The van der Waals surface area contributed by atoms with Crippen molar-refractivity contribution in [2.45, 2.75) is 39.7 Å². The molecule has 0 aliphatic heterocycles. The second kappa shape index (κ2) is 7.69. The van der Waals surface area contributed by atoms with E-state index in [1.54, 1.807) is 6.92 Å². The molecule has 0 spiro atoms. The molecule has 1 aromatic carbocycles. The topological polar surface area (TPSA) is 123 Å². The molecule has 0 aliphatic rings. The van der Waals surface area contributed by atoms with Crippen LogP contribution in [0.25, 0.3) is 11.5 Å². The zero-order valence-electron chi connectivity index (χ0n) is 17.3. The van der Waals surface area contributed by atoms with Crippen molar-refractivity contribution >= 4 is 5.91 Å². The first-order chi connectivity index (χ1) is 14.0. The molecule has 3 aromatic rings. The van der Waals surface area contributed by atoms with Crippen molar-refractivity contribution in [3.63, 3.8) is 0 Å². The molecule has 0 bridgehead atoms. The lowest BCUT2D eigenvalue weighted by Gasteiger charge is -2.21. The van der Waals surface area contributed by atoms with Crippen molar-refractivity contribution < 1.29 is 18.8 Å². The van der Waals surface area contributed by atoms with Gasteiger partial charge in [0.1, 0.15) is 11.6 Å². The third-order valence-electron chi connectivity index (χ3n) is 4.42. The molecule has 1 amide bonds. The van der Waals surface area contributed by atoms with Gasteiger partial charge in [0.15, 0.2) is 11.5 Å². The monoisotopic (exact) mass is 415 g/mol. The zero-order chi connectivity index (χ0) is 22.2. The second-order valence-electron chi connectivity index (χ2n) is 7.88. The van der Waals surface area contributed by atoms with Crippen molar-refractivity contribution in [2.24, 2.45) is 7.05 Å². The Morgan fingerprint density at radius 2 is 2.00 bits per heavy atom. The highest BCUT2D eigenvalue weighted by Crippen LogP contribution is 2.24. The van der Waals surface area contributed by atoms with E-state index in [4.69, 9.17) is 4.52 Å². The molecule has 0 radical (unpaired) electrons. The number of amides is 1. The van der Waals surface area contributed by atoms with Crippen molar-refractivity contribution in [1.82, 2.24) is 25.0 Å². The Kier molecular flexibility index (Phi) is 5.43. The maximum Gasteiger partial charge on any atom is 0.296 e. The van der Waals surface area contributed by atoms with Crippen molar-refractivity contribution in [1.29, 1.82) is 0 Å². The van der Waals surface area contributed by atoms with Crippen molar-refractivity contribution in [3.8, 4) is 17.2 Å². The third-order valence-corrected chi connectivity index (χ3v) is 4.42. The van der Waals surface area contributed by atoms with Crippen LogP contribution in [0.5, 0.6) is 5.75 Å². The number of aromatic nitrogens is 4. The van der Waals surface area contributed by atoms with Gasteiger partial charge in [0, 0.05) is 24.6 Å². The fraction of sp³-hybridized carbons (Fsp3) is 0.350. The molecule has 0 fully saturated rings. The molecular formula is C20H22FN5O4. The molecule has 0 aliphatic carbocycles. The Morgan fingerprint density at radius 3 is 2.60 bits per heavy atom. The predicted molar refractivity (Wildman–Crippen MR) is 105 cm³/mol. The van der Waals surface area contributed by atoms with Crippen LogP contribution >= 0.6 is 0 Å². The Hall–Kier alpha value is -3.56.